The second-order valence-corrected chi connectivity index (χ2v) is 8.95. The third kappa shape index (κ3) is 2.94. The predicted molar refractivity (Wildman–Crippen MR) is 102 cm³/mol. The number of nitrogens with zero attached hydrogens (tertiary/aromatic N) is 1. The SMILES string of the molecule is Cc1ccc(S(=O)(=O)C(c2c[nH]c3ccccc23)N2CCC(O)C2)cc1. The summed E-state index contributed by atoms with van der Waals surface area (Å²) in [5, 5.41) is 10.1. The number of aromatic nitrogens is 1. The fourth-order valence-electron chi connectivity index (χ4n) is 3.70. The summed E-state index contributed by atoms with van der Waals surface area (Å²) in [6.45, 7) is 2.84. The Morgan fingerprint density at radius 3 is 2.58 bits per heavy atom. The Labute approximate surface area is 153 Å². The molecule has 1 aliphatic heterocycles. The van der Waals surface area contributed by atoms with E-state index in [-0.39, 0.29) is 0 Å². The molecule has 2 heterocycles. The van der Waals surface area contributed by atoms with Crippen molar-refractivity contribution in [2.45, 2.75) is 29.7 Å². The molecule has 4 rings (SSSR count). The third-order valence-electron chi connectivity index (χ3n) is 5.06. The van der Waals surface area contributed by atoms with E-state index in [4.69, 9.17) is 0 Å². The highest BCUT2D eigenvalue weighted by molar-refractivity contribution is 7.91. The van der Waals surface area contributed by atoms with Crippen LogP contribution in [-0.4, -0.2) is 42.6 Å². The van der Waals surface area contributed by atoms with Crippen LogP contribution in [0, 0.1) is 6.92 Å². The predicted octanol–water partition coefficient (Wildman–Crippen LogP) is 3.02. The fourth-order valence-corrected chi connectivity index (χ4v) is 5.58. The molecule has 0 amide bonds. The first kappa shape index (κ1) is 17.3. The maximum Gasteiger partial charge on any atom is 0.198 e. The molecular formula is C20H22N2O3S. The summed E-state index contributed by atoms with van der Waals surface area (Å²) in [5.41, 5.74) is 2.66. The molecule has 0 saturated carbocycles. The zero-order valence-electron chi connectivity index (χ0n) is 14.6. The molecule has 3 aromatic rings. The lowest BCUT2D eigenvalue weighted by Crippen LogP contribution is -2.33. The molecule has 1 aromatic heterocycles. The number of aliphatic hydroxyl groups excluding tert-OH is 1. The van der Waals surface area contributed by atoms with Gasteiger partial charge in [0.1, 0.15) is 5.37 Å². The number of nitrogens with one attached hydrogen (secondary N) is 1. The number of sulfone groups is 1. The van der Waals surface area contributed by atoms with Gasteiger partial charge in [-0.2, -0.15) is 0 Å². The average molecular weight is 370 g/mol. The molecule has 2 unspecified atom stereocenters. The standard InChI is InChI=1S/C20H22N2O3S/c1-14-6-8-16(9-7-14)26(24,25)20(22-11-10-15(23)13-22)18-12-21-19-5-3-2-4-17(18)19/h2-9,12,15,20-21,23H,10-11,13H2,1H3. The van der Waals surface area contributed by atoms with Gasteiger partial charge in [0.05, 0.1) is 11.0 Å². The van der Waals surface area contributed by atoms with Crippen LogP contribution in [-0.2, 0) is 9.84 Å². The minimum Gasteiger partial charge on any atom is -0.392 e. The van der Waals surface area contributed by atoms with Crippen LogP contribution in [0.15, 0.2) is 59.6 Å². The van der Waals surface area contributed by atoms with Gasteiger partial charge in [0, 0.05) is 35.8 Å². The van der Waals surface area contributed by atoms with Crippen LogP contribution in [0.1, 0.15) is 22.9 Å². The van der Waals surface area contributed by atoms with Gasteiger partial charge in [-0.05, 0) is 31.5 Å². The largest absolute Gasteiger partial charge is 0.392 e. The number of aromatic amines is 1. The minimum atomic E-state index is -3.64. The molecule has 2 aromatic carbocycles. The van der Waals surface area contributed by atoms with Crippen molar-refractivity contribution < 1.29 is 13.5 Å². The summed E-state index contributed by atoms with van der Waals surface area (Å²) in [5.74, 6) is 0. The number of likely N-dealkylation sites (tertiary alicyclic amines) is 1. The number of H-pyrrole nitrogens is 1. The summed E-state index contributed by atoms with van der Waals surface area (Å²) in [6.07, 6.45) is 1.88. The van der Waals surface area contributed by atoms with Crippen LogP contribution in [0.5, 0.6) is 0 Å². The maximum atomic E-state index is 13.5. The normalized spacial score (nSPS) is 19.8. The van der Waals surface area contributed by atoms with Crippen molar-refractivity contribution >= 4 is 20.7 Å². The monoisotopic (exact) mass is 370 g/mol. The molecule has 1 fully saturated rings. The first-order chi connectivity index (χ1) is 12.5. The van der Waals surface area contributed by atoms with Gasteiger partial charge in [-0.3, -0.25) is 4.90 Å². The van der Waals surface area contributed by atoms with Gasteiger partial charge in [0.15, 0.2) is 9.84 Å². The summed E-state index contributed by atoms with van der Waals surface area (Å²) in [6, 6.07) is 14.7. The Morgan fingerprint density at radius 1 is 1.15 bits per heavy atom. The number of aryl methyl sites for hydroxylation is 1. The third-order valence-corrected chi connectivity index (χ3v) is 7.13. The molecule has 1 aliphatic rings. The molecule has 26 heavy (non-hydrogen) atoms. The van der Waals surface area contributed by atoms with Crippen molar-refractivity contribution in [3.05, 3.63) is 65.9 Å². The maximum absolute atomic E-state index is 13.5. The molecule has 6 heteroatoms. The van der Waals surface area contributed by atoms with Gasteiger partial charge in [0.2, 0.25) is 0 Å². The van der Waals surface area contributed by atoms with E-state index < -0.39 is 21.3 Å². The topological polar surface area (TPSA) is 73.4 Å². The molecule has 136 valence electrons. The molecule has 0 aliphatic carbocycles. The second kappa shape index (κ2) is 6.54. The van der Waals surface area contributed by atoms with E-state index in [9.17, 15) is 13.5 Å². The zero-order chi connectivity index (χ0) is 18.3. The first-order valence-corrected chi connectivity index (χ1v) is 10.3. The quantitative estimate of drug-likeness (QED) is 0.740. The highest BCUT2D eigenvalue weighted by Gasteiger charge is 2.39. The average Bonchev–Trinajstić information content (AvgIpc) is 3.23. The molecule has 5 nitrogen and oxygen atoms in total. The fraction of sp³-hybridized carbons (Fsp3) is 0.300. The van der Waals surface area contributed by atoms with E-state index in [1.807, 2.05) is 48.2 Å². The highest BCUT2D eigenvalue weighted by Crippen LogP contribution is 2.38. The Balaban J connectivity index is 1.87. The number of β-amino-alcohol motifs (C(OH)–C–C–N with tert-alkyl or cyclic N) is 1. The number of para-hydroxylation sites is 1. The first-order valence-electron chi connectivity index (χ1n) is 8.75. The molecule has 0 bridgehead atoms. The molecule has 0 spiro atoms. The number of hydrogen-bond acceptors (Lipinski definition) is 4. The van der Waals surface area contributed by atoms with E-state index in [0.717, 1.165) is 22.0 Å². The summed E-state index contributed by atoms with van der Waals surface area (Å²) in [4.78, 5) is 5.36. The van der Waals surface area contributed by atoms with E-state index in [1.54, 1.807) is 18.3 Å². The van der Waals surface area contributed by atoms with Gasteiger partial charge in [0.25, 0.3) is 0 Å². The van der Waals surface area contributed by atoms with Crippen LogP contribution in [0.25, 0.3) is 10.9 Å². The number of hydrogen-bond donors (Lipinski definition) is 2. The number of rotatable bonds is 4. The number of fused-ring (bicyclic) bond motifs is 1. The molecule has 2 N–H and O–H groups in total. The van der Waals surface area contributed by atoms with Crippen molar-refractivity contribution in [2.24, 2.45) is 0 Å². The molecule has 0 radical (unpaired) electrons. The molecular weight excluding hydrogens is 348 g/mol. The van der Waals surface area contributed by atoms with Crippen LogP contribution >= 0.6 is 0 Å². The van der Waals surface area contributed by atoms with E-state index in [0.29, 0.717) is 24.4 Å². The zero-order valence-corrected chi connectivity index (χ0v) is 15.4. The Bertz CT molecular complexity index is 1020. The van der Waals surface area contributed by atoms with Crippen LogP contribution < -0.4 is 0 Å². The van der Waals surface area contributed by atoms with Gasteiger partial charge in [-0.25, -0.2) is 8.42 Å². The molecule has 1 saturated heterocycles. The van der Waals surface area contributed by atoms with Crippen molar-refractivity contribution in [3.63, 3.8) is 0 Å². The Kier molecular flexibility index (Phi) is 4.34. The van der Waals surface area contributed by atoms with Crippen LogP contribution in [0.3, 0.4) is 0 Å². The van der Waals surface area contributed by atoms with E-state index in [1.165, 1.54) is 0 Å². The lowest BCUT2D eigenvalue weighted by Gasteiger charge is -2.27. The summed E-state index contributed by atoms with van der Waals surface area (Å²) < 4.78 is 27.1. The van der Waals surface area contributed by atoms with Gasteiger partial charge in [-0.1, -0.05) is 35.9 Å². The lowest BCUT2D eigenvalue weighted by atomic mass is 10.1. The van der Waals surface area contributed by atoms with Crippen molar-refractivity contribution in [1.82, 2.24) is 9.88 Å². The van der Waals surface area contributed by atoms with Crippen molar-refractivity contribution in [1.29, 1.82) is 0 Å². The van der Waals surface area contributed by atoms with Crippen molar-refractivity contribution in [3.8, 4) is 0 Å². The number of benzene rings is 2. The Morgan fingerprint density at radius 2 is 1.88 bits per heavy atom. The van der Waals surface area contributed by atoms with Gasteiger partial charge >= 0.3 is 0 Å². The highest BCUT2D eigenvalue weighted by atomic mass is 32.2. The van der Waals surface area contributed by atoms with Crippen molar-refractivity contribution in [2.75, 3.05) is 13.1 Å². The molecule has 2 atom stereocenters. The van der Waals surface area contributed by atoms with Crippen LogP contribution in [0.4, 0.5) is 0 Å². The van der Waals surface area contributed by atoms with Gasteiger partial charge in [-0.15, -0.1) is 0 Å². The number of aliphatic hydroxyl groups is 1. The Hall–Kier alpha value is -2.15. The van der Waals surface area contributed by atoms with Crippen LogP contribution in [0.2, 0.25) is 0 Å². The second-order valence-electron chi connectivity index (χ2n) is 6.94. The van der Waals surface area contributed by atoms with Gasteiger partial charge < -0.3 is 10.1 Å². The summed E-state index contributed by atoms with van der Waals surface area (Å²) >= 11 is 0. The van der Waals surface area contributed by atoms with E-state index >= 15 is 0 Å². The smallest absolute Gasteiger partial charge is 0.198 e. The summed E-state index contributed by atoms with van der Waals surface area (Å²) in [7, 11) is -3.64. The minimum absolute atomic E-state index is 0.305. The lowest BCUT2D eigenvalue weighted by molar-refractivity contribution is 0.172. The van der Waals surface area contributed by atoms with E-state index in [2.05, 4.69) is 4.98 Å².